The monoisotopic (exact) mass is 636 g/mol. The summed E-state index contributed by atoms with van der Waals surface area (Å²) in [5.74, 6) is -3.02. The lowest BCUT2D eigenvalue weighted by molar-refractivity contribution is 0.107. The zero-order chi connectivity index (χ0) is 31.5. The molecular formula is C33H32F4N6O3. The highest BCUT2D eigenvalue weighted by atomic mass is 19.2. The zero-order valence-electron chi connectivity index (χ0n) is 25.1. The van der Waals surface area contributed by atoms with E-state index in [-0.39, 0.29) is 75.3 Å². The van der Waals surface area contributed by atoms with E-state index in [1.54, 1.807) is 0 Å². The predicted molar refractivity (Wildman–Crippen MR) is 162 cm³/mol. The van der Waals surface area contributed by atoms with Crippen LogP contribution in [0.1, 0.15) is 39.0 Å². The number of fused-ring (bicyclic) bond motifs is 7. The third kappa shape index (κ3) is 4.09. The predicted octanol–water partition coefficient (Wildman–Crippen LogP) is 5.01. The Balaban J connectivity index is 1.25. The molecule has 6 atom stereocenters. The number of aromatic hydroxyl groups is 1. The largest absolute Gasteiger partial charge is 0.508 e. The number of alkyl halides is 1. The molecule has 7 heterocycles. The van der Waals surface area contributed by atoms with E-state index in [0.717, 1.165) is 44.4 Å². The normalized spacial score (nSPS) is 30.0. The summed E-state index contributed by atoms with van der Waals surface area (Å²) in [5, 5.41) is 14.4. The van der Waals surface area contributed by atoms with Crippen molar-refractivity contribution in [3.63, 3.8) is 0 Å². The van der Waals surface area contributed by atoms with Gasteiger partial charge in [-0.05, 0) is 62.7 Å². The second-order valence-corrected chi connectivity index (χ2v) is 13.5. The summed E-state index contributed by atoms with van der Waals surface area (Å²) in [7, 11) is 0. The second kappa shape index (κ2) is 10.0. The first-order valence-corrected chi connectivity index (χ1v) is 15.9. The van der Waals surface area contributed by atoms with E-state index in [1.807, 2.05) is 6.92 Å². The smallest absolute Gasteiger partial charge is 0.319 e. The van der Waals surface area contributed by atoms with Gasteiger partial charge in [-0.2, -0.15) is 9.97 Å². The van der Waals surface area contributed by atoms with Gasteiger partial charge in [-0.25, -0.2) is 22.5 Å². The van der Waals surface area contributed by atoms with E-state index in [0.29, 0.717) is 25.3 Å². The summed E-state index contributed by atoms with van der Waals surface area (Å²) in [4.78, 5) is 18.2. The van der Waals surface area contributed by atoms with E-state index in [4.69, 9.17) is 14.5 Å². The highest BCUT2D eigenvalue weighted by molar-refractivity contribution is 6.02. The molecule has 0 unspecified atom stereocenters. The van der Waals surface area contributed by atoms with E-state index in [9.17, 15) is 13.9 Å². The molecule has 5 aliphatic rings. The second-order valence-electron chi connectivity index (χ2n) is 13.5. The molecule has 46 heavy (non-hydrogen) atoms. The van der Waals surface area contributed by atoms with Crippen LogP contribution in [0.4, 0.5) is 23.4 Å². The molecule has 2 aromatic heterocycles. The molecule has 4 saturated heterocycles. The first kappa shape index (κ1) is 28.3. The Morgan fingerprint density at radius 2 is 1.96 bits per heavy atom. The van der Waals surface area contributed by atoms with Gasteiger partial charge in [0.1, 0.15) is 47.0 Å². The van der Waals surface area contributed by atoms with Crippen LogP contribution < -0.4 is 19.7 Å². The zero-order valence-corrected chi connectivity index (χ0v) is 25.1. The van der Waals surface area contributed by atoms with Gasteiger partial charge in [0.15, 0.2) is 17.5 Å². The lowest BCUT2D eigenvalue weighted by Crippen LogP contribution is -2.62. The number of nitrogens with one attached hydrogen (secondary N) is 1. The molecule has 5 aliphatic heterocycles. The molecule has 9 nitrogen and oxygen atoms in total. The molecule has 240 valence electrons. The van der Waals surface area contributed by atoms with Crippen molar-refractivity contribution in [1.82, 2.24) is 25.2 Å². The van der Waals surface area contributed by atoms with E-state index in [2.05, 4.69) is 25.1 Å². The van der Waals surface area contributed by atoms with Crippen molar-refractivity contribution in [2.45, 2.75) is 75.0 Å². The summed E-state index contributed by atoms with van der Waals surface area (Å²) in [6, 6.07) is 4.77. The van der Waals surface area contributed by atoms with Crippen LogP contribution in [0.2, 0.25) is 0 Å². The number of benzene rings is 2. The topological polar surface area (TPSA) is 95.9 Å². The number of hydrogen-bond acceptors (Lipinski definition) is 9. The fourth-order valence-electron chi connectivity index (χ4n) is 8.75. The Morgan fingerprint density at radius 1 is 1.09 bits per heavy atom. The third-order valence-electron chi connectivity index (χ3n) is 10.7. The minimum Gasteiger partial charge on any atom is -0.508 e. The van der Waals surface area contributed by atoms with E-state index in [1.165, 1.54) is 12.1 Å². The number of piperazine rings is 1. The summed E-state index contributed by atoms with van der Waals surface area (Å²) in [5.41, 5.74) is -1.13. The van der Waals surface area contributed by atoms with Crippen molar-refractivity contribution in [3.05, 3.63) is 41.7 Å². The summed E-state index contributed by atoms with van der Waals surface area (Å²) in [6.07, 6.45) is 2.62. The molecule has 2 N–H and O–H groups in total. The van der Waals surface area contributed by atoms with Gasteiger partial charge in [-0.1, -0.05) is 6.07 Å². The van der Waals surface area contributed by atoms with Gasteiger partial charge in [0, 0.05) is 42.5 Å². The van der Waals surface area contributed by atoms with Gasteiger partial charge in [0.05, 0.1) is 11.6 Å². The van der Waals surface area contributed by atoms with Crippen LogP contribution in [0.25, 0.3) is 32.9 Å². The van der Waals surface area contributed by atoms with Gasteiger partial charge < -0.3 is 24.8 Å². The van der Waals surface area contributed by atoms with Gasteiger partial charge in [-0.3, -0.25) is 4.90 Å². The number of ether oxygens (including phenoxy) is 2. The highest BCUT2D eigenvalue weighted by Gasteiger charge is 2.50. The first-order chi connectivity index (χ1) is 22.2. The molecule has 0 spiro atoms. The van der Waals surface area contributed by atoms with Crippen molar-refractivity contribution in [1.29, 1.82) is 0 Å². The molecule has 13 heteroatoms. The maximum Gasteiger partial charge on any atom is 0.319 e. The molecule has 2 aromatic carbocycles. The fraction of sp³-hybridized carbons (Fsp3) is 0.485. The molecule has 2 bridgehead atoms. The molecule has 0 radical (unpaired) electrons. The van der Waals surface area contributed by atoms with Gasteiger partial charge >= 0.3 is 6.01 Å². The Labute approximate surface area is 261 Å². The Kier molecular flexibility index (Phi) is 6.15. The number of pyridine rings is 1. The number of rotatable bonds is 4. The molecule has 0 saturated carbocycles. The number of nitrogens with zero attached hydrogens (tertiary/aromatic N) is 5. The molecule has 9 rings (SSSR count). The molecular weight excluding hydrogens is 604 g/mol. The Hall–Kier alpha value is -3.97. The van der Waals surface area contributed by atoms with Gasteiger partial charge in [-0.15, -0.1) is 0 Å². The van der Waals surface area contributed by atoms with Crippen LogP contribution in [-0.2, 0) is 0 Å². The minimum absolute atomic E-state index is 0.0515. The van der Waals surface area contributed by atoms with Crippen molar-refractivity contribution in [2.75, 3.05) is 31.1 Å². The molecule has 4 aromatic rings. The number of hydrogen-bond donors (Lipinski definition) is 2. The maximum atomic E-state index is 16.9. The first-order valence-electron chi connectivity index (χ1n) is 15.9. The van der Waals surface area contributed by atoms with E-state index < -0.39 is 35.3 Å². The minimum atomic E-state index is -1.19. The highest BCUT2D eigenvalue weighted by Crippen LogP contribution is 2.46. The van der Waals surface area contributed by atoms with Crippen molar-refractivity contribution >= 4 is 27.5 Å². The summed E-state index contributed by atoms with van der Waals surface area (Å²) >= 11 is 0. The van der Waals surface area contributed by atoms with Crippen LogP contribution in [0, 0.1) is 17.5 Å². The van der Waals surface area contributed by atoms with Crippen molar-refractivity contribution in [2.24, 2.45) is 0 Å². The lowest BCUT2D eigenvalue weighted by Gasteiger charge is -2.42. The molecule has 0 amide bonds. The van der Waals surface area contributed by atoms with Crippen LogP contribution in [0.3, 0.4) is 0 Å². The fourth-order valence-corrected chi connectivity index (χ4v) is 8.75. The Morgan fingerprint density at radius 3 is 2.83 bits per heavy atom. The SMILES string of the molecule is C[C@@H]1Oc2nc(-c3cc(O)cc4ccc(F)c(F)c34)c(F)c3nc(OC[C@@]45CCCN4C[C@H](F)C5)nc(c23)N2C[C@H]3CC[C@H](N3)[C@@H]12. The number of anilines is 1. The van der Waals surface area contributed by atoms with Gasteiger partial charge in [0.25, 0.3) is 0 Å². The van der Waals surface area contributed by atoms with Gasteiger partial charge in [0.2, 0.25) is 5.88 Å². The quantitative estimate of drug-likeness (QED) is 0.300. The van der Waals surface area contributed by atoms with Crippen LogP contribution in [0.5, 0.6) is 17.6 Å². The van der Waals surface area contributed by atoms with Crippen molar-refractivity contribution < 1.29 is 32.1 Å². The summed E-state index contributed by atoms with van der Waals surface area (Å²) < 4.78 is 73.9. The third-order valence-corrected chi connectivity index (χ3v) is 10.7. The van der Waals surface area contributed by atoms with Crippen LogP contribution in [0.15, 0.2) is 24.3 Å². The average Bonchev–Trinajstić information content (AvgIpc) is 3.67. The number of phenolic OH excluding ortho intramolecular Hbond substituents is 1. The lowest BCUT2D eigenvalue weighted by atomic mass is 9.95. The maximum absolute atomic E-state index is 16.9. The number of halogens is 4. The average molecular weight is 637 g/mol. The standard InChI is InChI=1S/C33H32F4N6O3/c1-15-29-22-6-4-18(38-22)13-43(29)30-24-28(40-32(41-30)45-14-33-7-2-8-42(33)12-17(34)11-33)26(37)27(39-31(24)46-15)20-10-19(44)9-16-3-5-21(35)25(36)23(16)20/h3,5,9-10,15,17-18,22,29,38,44H,2,4,6-8,11-14H2,1H3/t15-,17+,18+,22-,29+,33-/m0/s1. The Bertz CT molecular complexity index is 1930. The van der Waals surface area contributed by atoms with E-state index >= 15 is 8.78 Å². The van der Waals surface area contributed by atoms with Crippen molar-refractivity contribution in [3.8, 4) is 28.9 Å². The number of aromatic nitrogens is 3. The van der Waals surface area contributed by atoms with Crippen LogP contribution >= 0.6 is 0 Å². The molecule has 0 aliphatic carbocycles. The molecule has 4 fully saturated rings. The van der Waals surface area contributed by atoms with Crippen LogP contribution in [-0.4, -0.2) is 87.1 Å². The number of phenols is 1. The summed E-state index contributed by atoms with van der Waals surface area (Å²) in [6.45, 7) is 3.82.